The van der Waals surface area contributed by atoms with Crippen LogP contribution >= 0.6 is 0 Å². The van der Waals surface area contributed by atoms with E-state index in [4.69, 9.17) is 5.73 Å². The minimum absolute atomic E-state index is 0.754. The molecule has 4 aromatic carbocycles. The van der Waals surface area contributed by atoms with Crippen molar-refractivity contribution < 1.29 is 0 Å². The molecule has 24 heavy (non-hydrogen) atoms. The maximum absolute atomic E-state index is 6.47. The first-order valence-corrected chi connectivity index (χ1v) is 8.01. The lowest BCUT2D eigenvalue weighted by molar-refractivity contribution is 1.46. The van der Waals surface area contributed by atoms with Gasteiger partial charge in [0.1, 0.15) is 0 Å². The molecule has 0 unspecified atom stereocenters. The minimum Gasteiger partial charge on any atom is -0.397 e. The van der Waals surface area contributed by atoms with Crippen molar-refractivity contribution in [1.82, 2.24) is 0 Å². The Bertz CT molecular complexity index is 1110. The predicted octanol–water partition coefficient (Wildman–Crippen LogP) is 5.28. The molecule has 1 heteroatoms. The van der Waals surface area contributed by atoms with Crippen LogP contribution in [-0.4, -0.2) is 0 Å². The van der Waals surface area contributed by atoms with Gasteiger partial charge >= 0.3 is 0 Å². The zero-order valence-corrected chi connectivity index (χ0v) is 13.5. The van der Waals surface area contributed by atoms with Crippen LogP contribution in [0.1, 0.15) is 16.7 Å². The zero-order chi connectivity index (χ0) is 16.5. The Hall–Kier alpha value is -3.24. The van der Waals surface area contributed by atoms with Crippen LogP contribution in [-0.2, 0) is 0 Å². The molecule has 0 amide bonds. The second-order valence-electron chi connectivity index (χ2n) is 6.00. The highest BCUT2D eigenvalue weighted by atomic mass is 14.6. The summed E-state index contributed by atoms with van der Waals surface area (Å²) >= 11 is 0. The van der Waals surface area contributed by atoms with Crippen molar-refractivity contribution in [2.24, 2.45) is 0 Å². The molecule has 1 nitrogen and oxygen atoms in total. The first-order chi connectivity index (χ1) is 11.7. The molecule has 0 saturated heterocycles. The second-order valence-corrected chi connectivity index (χ2v) is 6.00. The normalized spacial score (nSPS) is 10.5. The maximum Gasteiger partial charge on any atom is 0.0563 e. The van der Waals surface area contributed by atoms with Gasteiger partial charge < -0.3 is 5.73 Å². The highest BCUT2D eigenvalue weighted by Gasteiger charge is 2.09. The SMILES string of the molecule is Cc1ccc(C#Cc2c(N)c3ccccc3c3ccccc23)cc1. The first-order valence-electron chi connectivity index (χ1n) is 8.01. The predicted molar refractivity (Wildman–Crippen MR) is 103 cm³/mol. The zero-order valence-electron chi connectivity index (χ0n) is 13.5. The summed E-state index contributed by atoms with van der Waals surface area (Å²) in [6, 6.07) is 24.8. The van der Waals surface area contributed by atoms with Crippen molar-refractivity contribution in [2.45, 2.75) is 6.92 Å². The van der Waals surface area contributed by atoms with Crippen LogP contribution in [0.25, 0.3) is 21.5 Å². The smallest absolute Gasteiger partial charge is 0.0563 e. The largest absolute Gasteiger partial charge is 0.397 e. The van der Waals surface area contributed by atoms with E-state index in [1.807, 2.05) is 30.3 Å². The summed E-state index contributed by atoms with van der Waals surface area (Å²) in [4.78, 5) is 0. The number of hydrogen-bond acceptors (Lipinski definition) is 1. The molecule has 0 heterocycles. The molecular formula is C23H17N. The molecule has 2 N–H and O–H groups in total. The van der Waals surface area contributed by atoms with Crippen LogP contribution in [0, 0.1) is 18.8 Å². The average Bonchev–Trinajstić information content (AvgIpc) is 2.63. The van der Waals surface area contributed by atoms with Crippen LogP contribution in [0.4, 0.5) is 5.69 Å². The number of anilines is 1. The molecule has 0 spiro atoms. The number of benzene rings is 4. The summed E-state index contributed by atoms with van der Waals surface area (Å²) in [6.45, 7) is 2.08. The topological polar surface area (TPSA) is 26.0 Å². The van der Waals surface area contributed by atoms with E-state index < -0.39 is 0 Å². The number of rotatable bonds is 0. The summed E-state index contributed by atoms with van der Waals surface area (Å²) in [5.41, 5.74) is 10.4. The van der Waals surface area contributed by atoms with Crippen molar-refractivity contribution >= 4 is 27.2 Å². The van der Waals surface area contributed by atoms with Gasteiger partial charge in [0.05, 0.1) is 11.3 Å². The van der Waals surface area contributed by atoms with Crippen molar-refractivity contribution in [3.05, 3.63) is 89.5 Å². The molecule has 0 aliphatic carbocycles. The van der Waals surface area contributed by atoms with Crippen LogP contribution < -0.4 is 5.73 Å². The highest BCUT2D eigenvalue weighted by molar-refractivity contribution is 6.15. The molecular weight excluding hydrogens is 290 g/mol. The molecule has 114 valence electrons. The van der Waals surface area contributed by atoms with Crippen molar-refractivity contribution in [3.63, 3.8) is 0 Å². The third-order valence-corrected chi connectivity index (χ3v) is 4.36. The number of nitrogen functional groups attached to an aromatic ring is 1. The van der Waals surface area contributed by atoms with Gasteiger partial charge in [-0.3, -0.25) is 0 Å². The summed E-state index contributed by atoms with van der Waals surface area (Å²) in [7, 11) is 0. The number of nitrogens with two attached hydrogens (primary N) is 1. The summed E-state index contributed by atoms with van der Waals surface area (Å²) in [5.74, 6) is 6.56. The Morgan fingerprint density at radius 3 is 1.83 bits per heavy atom. The van der Waals surface area contributed by atoms with E-state index in [1.165, 1.54) is 16.3 Å². The van der Waals surface area contributed by atoms with Crippen LogP contribution in [0.3, 0.4) is 0 Å². The van der Waals surface area contributed by atoms with Crippen LogP contribution in [0.15, 0.2) is 72.8 Å². The molecule has 0 bridgehead atoms. The standard InChI is InChI=1S/C23H17N/c1-16-10-12-17(13-11-16)14-15-22-20-8-3-2-6-18(20)19-7-4-5-9-21(19)23(22)24/h2-13H,24H2,1H3. The first kappa shape index (κ1) is 14.4. The molecule has 0 fully saturated rings. The van der Waals surface area contributed by atoms with E-state index >= 15 is 0 Å². The molecule has 0 saturated carbocycles. The Kier molecular flexibility index (Phi) is 3.44. The fourth-order valence-corrected chi connectivity index (χ4v) is 3.07. The average molecular weight is 307 g/mol. The van der Waals surface area contributed by atoms with Crippen LogP contribution in [0.2, 0.25) is 0 Å². The van der Waals surface area contributed by atoms with Gasteiger partial charge in [0.2, 0.25) is 0 Å². The van der Waals surface area contributed by atoms with Gasteiger partial charge in [-0.25, -0.2) is 0 Å². The number of fused-ring (bicyclic) bond motifs is 3. The summed E-state index contributed by atoms with van der Waals surface area (Å²) < 4.78 is 0. The Balaban J connectivity index is 2.00. The van der Waals surface area contributed by atoms with Gasteiger partial charge in [-0.1, -0.05) is 78.1 Å². The molecule has 0 aliphatic rings. The fraction of sp³-hybridized carbons (Fsp3) is 0.0435. The number of aryl methyl sites for hydroxylation is 1. The van der Waals surface area contributed by atoms with E-state index in [0.717, 1.165) is 27.6 Å². The maximum atomic E-state index is 6.47. The van der Waals surface area contributed by atoms with E-state index in [9.17, 15) is 0 Å². The lowest BCUT2D eigenvalue weighted by Gasteiger charge is -2.10. The highest BCUT2D eigenvalue weighted by Crippen LogP contribution is 2.34. The van der Waals surface area contributed by atoms with Gasteiger partial charge in [-0.2, -0.15) is 0 Å². The van der Waals surface area contributed by atoms with Crippen molar-refractivity contribution in [1.29, 1.82) is 0 Å². The van der Waals surface area contributed by atoms with Gasteiger partial charge in [0.15, 0.2) is 0 Å². The summed E-state index contributed by atoms with van der Waals surface area (Å²) in [6.07, 6.45) is 0. The quantitative estimate of drug-likeness (QED) is 0.267. The third-order valence-electron chi connectivity index (χ3n) is 4.36. The van der Waals surface area contributed by atoms with Gasteiger partial charge in [-0.05, 0) is 29.8 Å². The second kappa shape index (κ2) is 5.76. The van der Waals surface area contributed by atoms with Crippen molar-refractivity contribution in [2.75, 3.05) is 5.73 Å². The van der Waals surface area contributed by atoms with E-state index in [-0.39, 0.29) is 0 Å². The lowest BCUT2D eigenvalue weighted by atomic mass is 9.95. The minimum atomic E-state index is 0.754. The Labute approximate surface area is 141 Å². The monoisotopic (exact) mass is 307 g/mol. The summed E-state index contributed by atoms with van der Waals surface area (Å²) in [5, 5.41) is 4.53. The van der Waals surface area contributed by atoms with E-state index in [0.29, 0.717) is 0 Å². The third kappa shape index (κ3) is 2.39. The van der Waals surface area contributed by atoms with E-state index in [2.05, 4.69) is 61.2 Å². The van der Waals surface area contributed by atoms with Gasteiger partial charge in [0.25, 0.3) is 0 Å². The molecule has 0 atom stereocenters. The molecule has 4 rings (SSSR count). The molecule has 0 aromatic heterocycles. The van der Waals surface area contributed by atoms with Crippen molar-refractivity contribution in [3.8, 4) is 11.8 Å². The Morgan fingerprint density at radius 2 is 1.17 bits per heavy atom. The van der Waals surface area contributed by atoms with Gasteiger partial charge in [0, 0.05) is 16.3 Å². The fourth-order valence-electron chi connectivity index (χ4n) is 3.07. The molecule has 4 aromatic rings. The van der Waals surface area contributed by atoms with E-state index in [1.54, 1.807) is 0 Å². The van der Waals surface area contributed by atoms with Gasteiger partial charge in [-0.15, -0.1) is 0 Å². The number of hydrogen-bond donors (Lipinski definition) is 1. The molecule has 0 aliphatic heterocycles. The molecule has 0 radical (unpaired) electrons. The lowest BCUT2D eigenvalue weighted by Crippen LogP contribution is -1.94. The Morgan fingerprint density at radius 1 is 0.625 bits per heavy atom. The van der Waals surface area contributed by atoms with Crippen LogP contribution in [0.5, 0.6) is 0 Å².